The SMILES string of the molecule is CC(=O)NCc1ccc(NC(=O)NCc2cccs2)cc1. The standard InChI is InChI=1S/C15H17N3O2S/c1-11(19)16-9-12-4-6-13(7-5-12)18-15(20)17-10-14-3-2-8-21-14/h2-8H,9-10H2,1H3,(H,16,19)(H2,17,18,20). The zero-order valence-corrected chi connectivity index (χ0v) is 12.5. The molecule has 0 aliphatic carbocycles. The number of carbonyl (C=O) groups is 2. The molecule has 110 valence electrons. The molecule has 0 aliphatic heterocycles. The quantitative estimate of drug-likeness (QED) is 0.795. The number of hydrogen-bond acceptors (Lipinski definition) is 3. The second-order valence-corrected chi connectivity index (χ2v) is 5.53. The number of rotatable bonds is 5. The Balaban J connectivity index is 1.79. The van der Waals surface area contributed by atoms with Crippen molar-refractivity contribution in [3.05, 3.63) is 52.2 Å². The molecule has 1 heterocycles. The van der Waals surface area contributed by atoms with E-state index in [2.05, 4.69) is 16.0 Å². The maximum Gasteiger partial charge on any atom is 0.319 e. The van der Waals surface area contributed by atoms with Gasteiger partial charge in [-0.1, -0.05) is 18.2 Å². The van der Waals surface area contributed by atoms with E-state index in [0.717, 1.165) is 10.4 Å². The molecule has 3 amide bonds. The van der Waals surface area contributed by atoms with Gasteiger partial charge in [0.25, 0.3) is 0 Å². The van der Waals surface area contributed by atoms with Crippen LogP contribution in [0.4, 0.5) is 10.5 Å². The molecule has 1 aromatic carbocycles. The van der Waals surface area contributed by atoms with Crippen molar-refractivity contribution in [2.75, 3.05) is 5.32 Å². The van der Waals surface area contributed by atoms with Crippen molar-refractivity contribution in [1.82, 2.24) is 10.6 Å². The second-order valence-electron chi connectivity index (χ2n) is 4.49. The number of nitrogens with one attached hydrogen (secondary N) is 3. The van der Waals surface area contributed by atoms with Crippen LogP contribution < -0.4 is 16.0 Å². The summed E-state index contributed by atoms with van der Waals surface area (Å²) >= 11 is 1.60. The van der Waals surface area contributed by atoms with E-state index in [1.54, 1.807) is 11.3 Å². The van der Waals surface area contributed by atoms with Crippen molar-refractivity contribution in [3.8, 4) is 0 Å². The van der Waals surface area contributed by atoms with Crippen LogP contribution in [-0.4, -0.2) is 11.9 Å². The summed E-state index contributed by atoms with van der Waals surface area (Å²) in [5.74, 6) is -0.0647. The highest BCUT2D eigenvalue weighted by Gasteiger charge is 2.02. The molecule has 0 fully saturated rings. The summed E-state index contributed by atoms with van der Waals surface area (Å²) in [5, 5.41) is 10.3. The molecular formula is C15H17N3O2S. The molecule has 0 spiro atoms. The highest BCUT2D eigenvalue weighted by Crippen LogP contribution is 2.10. The van der Waals surface area contributed by atoms with E-state index in [4.69, 9.17) is 0 Å². The monoisotopic (exact) mass is 303 g/mol. The van der Waals surface area contributed by atoms with Crippen LogP contribution in [0.25, 0.3) is 0 Å². The lowest BCUT2D eigenvalue weighted by Crippen LogP contribution is -2.27. The summed E-state index contributed by atoms with van der Waals surface area (Å²) in [6, 6.07) is 11.0. The van der Waals surface area contributed by atoms with Gasteiger partial charge in [0, 0.05) is 24.0 Å². The summed E-state index contributed by atoms with van der Waals surface area (Å²) in [5.41, 5.74) is 1.69. The number of benzene rings is 1. The molecular weight excluding hydrogens is 286 g/mol. The first-order chi connectivity index (χ1) is 10.1. The van der Waals surface area contributed by atoms with E-state index < -0.39 is 0 Å². The molecule has 0 saturated carbocycles. The van der Waals surface area contributed by atoms with Gasteiger partial charge < -0.3 is 16.0 Å². The number of urea groups is 1. The molecule has 6 heteroatoms. The first-order valence-electron chi connectivity index (χ1n) is 6.54. The molecule has 0 unspecified atom stereocenters. The zero-order chi connectivity index (χ0) is 15.1. The normalized spacial score (nSPS) is 9.95. The van der Waals surface area contributed by atoms with E-state index in [1.165, 1.54) is 6.92 Å². The molecule has 0 radical (unpaired) electrons. The van der Waals surface area contributed by atoms with Crippen molar-refractivity contribution in [1.29, 1.82) is 0 Å². The lowest BCUT2D eigenvalue weighted by atomic mass is 10.2. The first kappa shape index (κ1) is 15.1. The average Bonchev–Trinajstić information content (AvgIpc) is 2.98. The molecule has 2 aromatic rings. The summed E-state index contributed by atoms with van der Waals surface area (Å²) < 4.78 is 0. The number of hydrogen-bond donors (Lipinski definition) is 3. The van der Waals surface area contributed by atoms with Gasteiger partial charge in [-0.15, -0.1) is 11.3 Å². The molecule has 1 aromatic heterocycles. The molecule has 0 saturated heterocycles. The molecule has 2 rings (SSSR count). The van der Waals surface area contributed by atoms with Gasteiger partial charge in [-0.2, -0.15) is 0 Å². The maximum absolute atomic E-state index is 11.7. The highest BCUT2D eigenvalue weighted by molar-refractivity contribution is 7.09. The summed E-state index contributed by atoms with van der Waals surface area (Å²) in [7, 11) is 0. The number of amides is 3. The Kier molecular flexibility index (Phi) is 5.34. The third-order valence-electron chi connectivity index (χ3n) is 2.76. The highest BCUT2D eigenvalue weighted by atomic mass is 32.1. The largest absolute Gasteiger partial charge is 0.352 e. The molecule has 0 aliphatic rings. The van der Waals surface area contributed by atoms with Crippen molar-refractivity contribution < 1.29 is 9.59 Å². The Labute approximate surface area is 127 Å². The molecule has 3 N–H and O–H groups in total. The van der Waals surface area contributed by atoms with Crippen LogP contribution in [0.3, 0.4) is 0 Å². The van der Waals surface area contributed by atoms with Gasteiger partial charge in [-0.25, -0.2) is 4.79 Å². The Bertz CT molecular complexity index is 594. The van der Waals surface area contributed by atoms with Gasteiger partial charge in [0.15, 0.2) is 0 Å². The van der Waals surface area contributed by atoms with Crippen LogP contribution in [-0.2, 0) is 17.9 Å². The van der Waals surface area contributed by atoms with Gasteiger partial charge >= 0.3 is 6.03 Å². The van der Waals surface area contributed by atoms with Crippen LogP contribution in [0.1, 0.15) is 17.4 Å². The predicted octanol–water partition coefficient (Wildman–Crippen LogP) is 2.71. The fourth-order valence-electron chi connectivity index (χ4n) is 1.69. The van der Waals surface area contributed by atoms with Crippen LogP contribution in [0.15, 0.2) is 41.8 Å². The zero-order valence-electron chi connectivity index (χ0n) is 11.7. The van der Waals surface area contributed by atoms with Crippen molar-refractivity contribution in [2.24, 2.45) is 0 Å². The first-order valence-corrected chi connectivity index (χ1v) is 7.42. The van der Waals surface area contributed by atoms with Crippen molar-refractivity contribution in [2.45, 2.75) is 20.0 Å². The minimum Gasteiger partial charge on any atom is -0.352 e. The molecule has 0 atom stereocenters. The van der Waals surface area contributed by atoms with Crippen molar-refractivity contribution >= 4 is 29.0 Å². The van der Waals surface area contributed by atoms with E-state index in [9.17, 15) is 9.59 Å². The second kappa shape index (κ2) is 7.44. The van der Waals surface area contributed by atoms with E-state index in [1.807, 2.05) is 41.8 Å². The number of anilines is 1. The van der Waals surface area contributed by atoms with E-state index in [0.29, 0.717) is 18.8 Å². The summed E-state index contributed by atoms with van der Waals surface area (Å²) in [6.07, 6.45) is 0. The Morgan fingerprint density at radius 1 is 1.05 bits per heavy atom. The van der Waals surface area contributed by atoms with Gasteiger partial charge in [0.2, 0.25) is 5.91 Å². The van der Waals surface area contributed by atoms with E-state index >= 15 is 0 Å². The molecule has 5 nitrogen and oxygen atoms in total. The van der Waals surface area contributed by atoms with Gasteiger partial charge in [0.05, 0.1) is 6.54 Å². The fraction of sp³-hybridized carbons (Fsp3) is 0.200. The summed E-state index contributed by atoms with van der Waals surface area (Å²) in [4.78, 5) is 23.7. The Morgan fingerprint density at radius 3 is 2.43 bits per heavy atom. The maximum atomic E-state index is 11.7. The van der Waals surface area contributed by atoms with Gasteiger partial charge in [-0.05, 0) is 29.1 Å². The minimum absolute atomic E-state index is 0.0647. The third-order valence-corrected chi connectivity index (χ3v) is 3.63. The van der Waals surface area contributed by atoms with Crippen LogP contribution >= 0.6 is 11.3 Å². The number of thiophene rings is 1. The van der Waals surface area contributed by atoms with Crippen LogP contribution in [0.5, 0.6) is 0 Å². The van der Waals surface area contributed by atoms with Gasteiger partial charge in [0.1, 0.15) is 0 Å². The topological polar surface area (TPSA) is 70.2 Å². The lowest BCUT2D eigenvalue weighted by molar-refractivity contribution is -0.119. The van der Waals surface area contributed by atoms with Crippen LogP contribution in [0.2, 0.25) is 0 Å². The number of carbonyl (C=O) groups excluding carboxylic acids is 2. The van der Waals surface area contributed by atoms with Crippen molar-refractivity contribution in [3.63, 3.8) is 0 Å². The van der Waals surface area contributed by atoms with Gasteiger partial charge in [-0.3, -0.25) is 4.79 Å². The average molecular weight is 303 g/mol. The predicted molar refractivity (Wildman–Crippen MR) is 84.1 cm³/mol. The van der Waals surface area contributed by atoms with Crippen LogP contribution in [0, 0.1) is 0 Å². The third kappa shape index (κ3) is 5.27. The smallest absolute Gasteiger partial charge is 0.319 e. The summed E-state index contributed by atoms with van der Waals surface area (Å²) in [6.45, 7) is 2.48. The Morgan fingerprint density at radius 2 is 1.81 bits per heavy atom. The Hall–Kier alpha value is -2.34. The van der Waals surface area contributed by atoms with E-state index in [-0.39, 0.29) is 11.9 Å². The molecule has 21 heavy (non-hydrogen) atoms. The lowest BCUT2D eigenvalue weighted by Gasteiger charge is -2.08. The fourth-order valence-corrected chi connectivity index (χ4v) is 2.33. The molecule has 0 bridgehead atoms. The minimum atomic E-state index is -0.238.